The molecule has 1 aromatic heterocycles. The van der Waals surface area contributed by atoms with Crippen molar-refractivity contribution in [3.8, 4) is 0 Å². The van der Waals surface area contributed by atoms with E-state index in [1.54, 1.807) is 18.2 Å². The largest absolute Gasteiger partial charge is 0.456 e. The van der Waals surface area contributed by atoms with Crippen LogP contribution >= 0.6 is 0 Å². The molecule has 2 N–H and O–H groups in total. The van der Waals surface area contributed by atoms with Crippen molar-refractivity contribution >= 4 is 22.8 Å². The molecule has 1 heterocycles. The number of ether oxygens (including phenoxy) is 1. The summed E-state index contributed by atoms with van der Waals surface area (Å²) in [5.41, 5.74) is 2.43. The van der Waals surface area contributed by atoms with Gasteiger partial charge in [0, 0.05) is 35.6 Å². The highest BCUT2D eigenvalue weighted by Crippen LogP contribution is 2.19. The van der Waals surface area contributed by atoms with Gasteiger partial charge in [-0.15, -0.1) is 0 Å². The van der Waals surface area contributed by atoms with Gasteiger partial charge < -0.3 is 15.0 Å². The van der Waals surface area contributed by atoms with Crippen molar-refractivity contribution in [2.75, 3.05) is 6.61 Å². The number of hydrogen-bond acceptors (Lipinski definition) is 3. The van der Waals surface area contributed by atoms with Crippen LogP contribution < -0.4 is 5.32 Å². The summed E-state index contributed by atoms with van der Waals surface area (Å²) in [5, 5.41) is 3.60. The van der Waals surface area contributed by atoms with Gasteiger partial charge in [-0.05, 0) is 24.1 Å². The molecule has 134 valence electrons. The fourth-order valence-corrected chi connectivity index (χ4v) is 2.68. The second-order valence-corrected chi connectivity index (χ2v) is 5.89. The van der Waals surface area contributed by atoms with Crippen LogP contribution in [-0.4, -0.2) is 23.5 Å². The zero-order chi connectivity index (χ0) is 18.4. The van der Waals surface area contributed by atoms with E-state index in [1.165, 1.54) is 6.07 Å². The Kier molecular flexibility index (Phi) is 5.63. The van der Waals surface area contributed by atoms with Crippen LogP contribution in [-0.2, 0) is 27.3 Å². The van der Waals surface area contributed by atoms with Crippen LogP contribution in [0.25, 0.3) is 10.9 Å². The highest BCUT2D eigenvalue weighted by molar-refractivity contribution is 5.84. The Hall–Kier alpha value is -3.15. The maximum atomic E-state index is 13.5. The number of nitrogens with one attached hydrogen (secondary N) is 2. The summed E-state index contributed by atoms with van der Waals surface area (Å²) >= 11 is 0. The number of amides is 1. The molecular weight excluding hydrogens is 335 g/mol. The number of esters is 1. The smallest absolute Gasteiger partial charge is 0.306 e. The Labute approximate surface area is 150 Å². The first-order chi connectivity index (χ1) is 12.6. The van der Waals surface area contributed by atoms with Gasteiger partial charge in [-0.1, -0.05) is 36.4 Å². The van der Waals surface area contributed by atoms with Crippen molar-refractivity contribution in [2.45, 2.75) is 19.4 Å². The summed E-state index contributed by atoms with van der Waals surface area (Å²) in [6.07, 6.45) is 2.58. The molecule has 0 aliphatic rings. The zero-order valence-corrected chi connectivity index (χ0v) is 14.1. The number of para-hydroxylation sites is 1. The lowest BCUT2D eigenvalue weighted by molar-refractivity contribution is -0.148. The van der Waals surface area contributed by atoms with Gasteiger partial charge in [-0.2, -0.15) is 0 Å². The van der Waals surface area contributed by atoms with Crippen LogP contribution in [0.3, 0.4) is 0 Å². The molecule has 0 atom stereocenters. The van der Waals surface area contributed by atoms with E-state index in [-0.39, 0.29) is 25.4 Å². The van der Waals surface area contributed by atoms with E-state index in [9.17, 15) is 14.0 Å². The molecule has 0 fully saturated rings. The molecule has 6 heteroatoms. The number of halogens is 1. The summed E-state index contributed by atoms with van der Waals surface area (Å²) in [5.74, 6) is -1.30. The quantitative estimate of drug-likeness (QED) is 0.641. The summed E-state index contributed by atoms with van der Waals surface area (Å²) in [6, 6.07) is 14.0. The number of aromatic nitrogens is 1. The van der Waals surface area contributed by atoms with Crippen LogP contribution in [0.15, 0.2) is 54.7 Å². The molecule has 0 spiro atoms. The summed E-state index contributed by atoms with van der Waals surface area (Å²) < 4.78 is 18.4. The lowest BCUT2D eigenvalue weighted by Gasteiger charge is -2.07. The van der Waals surface area contributed by atoms with E-state index in [2.05, 4.69) is 10.3 Å². The fraction of sp³-hybridized carbons (Fsp3) is 0.200. The molecular formula is C20H19FN2O3. The van der Waals surface area contributed by atoms with Crippen molar-refractivity contribution < 1.29 is 18.7 Å². The van der Waals surface area contributed by atoms with Gasteiger partial charge in [0.1, 0.15) is 5.82 Å². The minimum Gasteiger partial charge on any atom is -0.456 e. The van der Waals surface area contributed by atoms with Crippen molar-refractivity contribution in [1.29, 1.82) is 0 Å². The van der Waals surface area contributed by atoms with Crippen LogP contribution in [0.5, 0.6) is 0 Å². The zero-order valence-electron chi connectivity index (χ0n) is 14.1. The number of aryl methyl sites for hydroxylation is 1. The molecule has 0 aliphatic carbocycles. The summed E-state index contributed by atoms with van der Waals surface area (Å²) in [6.45, 7) is -0.320. The third-order valence-electron chi connectivity index (χ3n) is 4.07. The second-order valence-electron chi connectivity index (χ2n) is 5.89. The average molecular weight is 354 g/mol. The van der Waals surface area contributed by atoms with Crippen molar-refractivity contribution in [1.82, 2.24) is 10.3 Å². The molecule has 3 aromatic rings. The third kappa shape index (κ3) is 4.47. The number of carbonyl (C=O) groups excluding carboxylic acids is 2. The molecule has 1 amide bonds. The van der Waals surface area contributed by atoms with Crippen LogP contribution in [0.1, 0.15) is 17.5 Å². The Balaban J connectivity index is 1.41. The van der Waals surface area contributed by atoms with E-state index in [0.717, 1.165) is 16.5 Å². The number of aromatic amines is 1. The summed E-state index contributed by atoms with van der Waals surface area (Å²) in [7, 11) is 0. The van der Waals surface area contributed by atoms with E-state index in [4.69, 9.17) is 4.74 Å². The van der Waals surface area contributed by atoms with Gasteiger partial charge in [0.25, 0.3) is 5.91 Å². The minimum atomic E-state index is -0.464. The maximum absolute atomic E-state index is 13.5. The standard InChI is InChI=1S/C20H19FN2O3/c21-17-7-3-1-5-15(17)12-23-19(24)13-26-20(25)10-9-14-11-22-18-8-4-2-6-16(14)18/h1-8,11,22H,9-10,12-13H2,(H,23,24). The van der Waals surface area contributed by atoms with E-state index < -0.39 is 11.9 Å². The molecule has 0 aliphatic heterocycles. The monoisotopic (exact) mass is 354 g/mol. The molecule has 2 aromatic carbocycles. The van der Waals surface area contributed by atoms with Gasteiger partial charge in [0.15, 0.2) is 6.61 Å². The number of carbonyl (C=O) groups is 2. The SMILES string of the molecule is O=C(COC(=O)CCc1c[nH]c2ccccc12)NCc1ccccc1F. The Morgan fingerprint density at radius 3 is 2.65 bits per heavy atom. The number of rotatable bonds is 7. The van der Waals surface area contributed by atoms with Gasteiger partial charge in [-0.25, -0.2) is 4.39 Å². The molecule has 26 heavy (non-hydrogen) atoms. The highest BCUT2D eigenvalue weighted by Gasteiger charge is 2.10. The molecule has 3 rings (SSSR count). The number of fused-ring (bicyclic) bond motifs is 1. The minimum absolute atomic E-state index is 0.0540. The predicted octanol–water partition coefficient (Wildman–Crippen LogP) is 3.10. The van der Waals surface area contributed by atoms with Crippen LogP contribution in [0, 0.1) is 5.82 Å². The number of H-pyrrole nitrogens is 1. The lowest BCUT2D eigenvalue weighted by Crippen LogP contribution is -2.28. The highest BCUT2D eigenvalue weighted by atomic mass is 19.1. The molecule has 0 radical (unpaired) electrons. The molecule has 5 nitrogen and oxygen atoms in total. The van der Waals surface area contributed by atoms with Gasteiger partial charge in [0.05, 0.1) is 0 Å². The van der Waals surface area contributed by atoms with E-state index >= 15 is 0 Å². The summed E-state index contributed by atoms with van der Waals surface area (Å²) in [4.78, 5) is 26.7. The topological polar surface area (TPSA) is 71.2 Å². The first-order valence-electron chi connectivity index (χ1n) is 8.34. The number of hydrogen-bond donors (Lipinski definition) is 2. The van der Waals surface area contributed by atoms with Gasteiger partial charge >= 0.3 is 5.97 Å². The molecule has 0 saturated heterocycles. The van der Waals surface area contributed by atoms with Crippen molar-refractivity contribution in [2.24, 2.45) is 0 Å². The van der Waals surface area contributed by atoms with E-state index in [0.29, 0.717) is 12.0 Å². The Morgan fingerprint density at radius 1 is 1.04 bits per heavy atom. The second kappa shape index (κ2) is 8.29. The maximum Gasteiger partial charge on any atom is 0.306 e. The lowest BCUT2D eigenvalue weighted by atomic mass is 10.1. The van der Waals surface area contributed by atoms with Gasteiger partial charge in [0.2, 0.25) is 0 Å². The molecule has 0 saturated carbocycles. The first kappa shape index (κ1) is 17.7. The first-order valence-corrected chi connectivity index (χ1v) is 8.34. The van der Waals surface area contributed by atoms with Gasteiger partial charge in [-0.3, -0.25) is 9.59 Å². The third-order valence-corrected chi connectivity index (χ3v) is 4.07. The van der Waals surface area contributed by atoms with Crippen molar-refractivity contribution in [3.05, 3.63) is 71.7 Å². The molecule has 0 unspecified atom stereocenters. The van der Waals surface area contributed by atoms with E-state index in [1.807, 2.05) is 30.5 Å². The molecule has 0 bridgehead atoms. The average Bonchev–Trinajstić information content (AvgIpc) is 3.07. The Bertz CT molecular complexity index is 920. The Morgan fingerprint density at radius 2 is 1.81 bits per heavy atom. The van der Waals surface area contributed by atoms with Crippen LogP contribution in [0.2, 0.25) is 0 Å². The number of benzene rings is 2. The van der Waals surface area contributed by atoms with Crippen LogP contribution in [0.4, 0.5) is 4.39 Å². The fourth-order valence-electron chi connectivity index (χ4n) is 2.68. The normalized spacial score (nSPS) is 10.7. The predicted molar refractivity (Wildman–Crippen MR) is 95.8 cm³/mol. The van der Waals surface area contributed by atoms with Crippen molar-refractivity contribution in [3.63, 3.8) is 0 Å².